The summed E-state index contributed by atoms with van der Waals surface area (Å²) in [5, 5.41) is 0. The van der Waals surface area contributed by atoms with Crippen LogP contribution < -0.4 is 0 Å². The SMILES string of the molecule is O=C1C=NC=CC1. The predicted molar refractivity (Wildman–Crippen MR) is 27.3 cm³/mol. The molecule has 1 rings (SSSR count). The first-order valence-electron chi connectivity index (χ1n) is 2.10. The van der Waals surface area contributed by atoms with E-state index in [9.17, 15) is 4.79 Å². The standard InChI is InChI=1S/C5H5NO/c7-5-2-1-3-6-4-5/h1,3-4H,2H2. The Labute approximate surface area is 41.6 Å². The third-order valence-electron chi connectivity index (χ3n) is 0.729. The summed E-state index contributed by atoms with van der Waals surface area (Å²) in [6.45, 7) is 0. The van der Waals surface area contributed by atoms with Crippen molar-refractivity contribution in [1.29, 1.82) is 0 Å². The van der Waals surface area contributed by atoms with Crippen molar-refractivity contribution in [2.75, 3.05) is 0 Å². The average Bonchev–Trinajstić information content (AvgIpc) is 1.69. The molecule has 0 saturated carbocycles. The maximum Gasteiger partial charge on any atom is 0.177 e. The van der Waals surface area contributed by atoms with Crippen molar-refractivity contribution >= 4 is 12.0 Å². The lowest BCUT2D eigenvalue weighted by atomic mass is 10.3. The lowest BCUT2D eigenvalue weighted by Gasteiger charge is -1.88. The minimum atomic E-state index is 0.0856. The van der Waals surface area contributed by atoms with Gasteiger partial charge in [0.25, 0.3) is 0 Å². The van der Waals surface area contributed by atoms with Crippen LogP contribution in [0.5, 0.6) is 0 Å². The van der Waals surface area contributed by atoms with E-state index in [0.29, 0.717) is 6.42 Å². The maximum atomic E-state index is 10.3. The molecule has 0 aromatic heterocycles. The van der Waals surface area contributed by atoms with Gasteiger partial charge in [-0.05, 0) is 0 Å². The second kappa shape index (κ2) is 1.69. The molecule has 2 nitrogen and oxygen atoms in total. The molecule has 36 valence electrons. The summed E-state index contributed by atoms with van der Waals surface area (Å²) in [5.41, 5.74) is 0. The van der Waals surface area contributed by atoms with Gasteiger partial charge in [0.2, 0.25) is 0 Å². The first-order valence-corrected chi connectivity index (χ1v) is 2.10. The topological polar surface area (TPSA) is 29.4 Å². The molecule has 1 aliphatic heterocycles. The minimum Gasteiger partial charge on any atom is -0.293 e. The van der Waals surface area contributed by atoms with E-state index in [4.69, 9.17) is 0 Å². The molecule has 0 aromatic rings. The molecule has 0 aliphatic carbocycles. The minimum absolute atomic E-state index is 0.0856. The number of carbonyl (C=O) groups is 1. The first-order chi connectivity index (χ1) is 3.39. The van der Waals surface area contributed by atoms with E-state index in [-0.39, 0.29) is 5.78 Å². The van der Waals surface area contributed by atoms with Crippen molar-refractivity contribution in [2.45, 2.75) is 6.42 Å². The van der Waals surface area contributed by atoms with E-state index in [1.807, 2.05) is 0 Å². The highest BCUT2D eigenvalue weighted by molar-refractivity contribution is 6.28. The Morgan fingerprint density at radius 1 is 1.71 bits per heavy atom. The van der Waals surface area contributed by atoms with Crippen LogP contribution in [0.4, 0.5) is 0 Å². The smallest absolute Gasteiger partial charge is 0.177 e. The molecular weight excluding hydrogens is 90.1 g/mol. The molecule has 0 unspecified atom stereocenters. The Kier molecular flexibility index (Phi) is 1.02. The third-order valence-corrected chi connectivity index (χ3v) is 0.729. The number of hydrogen-bond acceptors (Lipinski definition) is 2. The van der Waals surface area contributed by atoms with Gasteiger partial charge in [-0.15, -0.1) is 0 Å². The third kappa shape index (κ3) is 0.961. The highest BCUT2D eigenvalue weighted by Crippen LogP contribution is 1.89. The molecule has 0 bridgehead atoms. The van der Waals surface area contributed by atoms with Gasteiger partial charge in [0, 0.05) is 12.6 Å². The summed E-state index contributed by atoms with van der Waals surface area (Å²) in [6, 6.07) is 0. The first kappa shape index (κ1) is 4.24. The highest BCUT2D eigenvalue weighted by atomic mass is 16.1. The zero-order chi connectivity index (χ0) is 5.11. The monoisotopic (exact) mass is 95.0 g/mol. The number of Topliss-reactive ketones (excluding diaryl/α,β-unsaturated/α-hetero) is 1. The zero-order valence-corrected chi connectivity index (χ0v) is 3.79. The van der Waals surface area contributed by atoms with Crippen LogP contribution in [0.2, 0.25) is 0 Å². The van der Waals surface area contributed by atoms with E-state index in [1.54, 1.807) is 12.3 Å². The normalized spacial score (nSPS) is 18.0. The van der Waals surface area contributed by atoms with Crippen LogP contribution in [0.1, 0.15) is 6.42 Å². The maximum absolute atomic E-state index is 10.3. The van der Waals surface area contributed by atoms with Crippen LogP contribution in [0.3, 0.4) is 0 Å². The molecule has 0 N–H and O–H groups in total. The average molecular weight is 95.1 g/mol. The summed E-state index contributed by atoms with van der Waals surface area (Å²) >= 11 is 0. The van der Waals surface area contributed by atoms with Crippen LogP contribution in [0.25, 0.3) is 0 Å². The van der Waals surface area contributed by atoms with E-state index >= 15 is 0 Å². The number of carbonyl (C=O) groups excluding carboxylic acids is 1. The van der Waals surface area contributed by atoms with Crippen molar-refractivity contribution in [2.24, 2.45) is 4.99 Å². The Bertz CT molecular complexity index is 135. The number of nitrogens with zero attached hydrogens (tertiary/aromatic N) is 1. The highest BCUT2D eigenvalue weighted by Gasteiger charge is 1.93. The number of ketones is 1. The molecule has 2 heteroatoms. The summed E-state index contributed by atoms with van der Waals surface area (Å²) in [6.07, 6.45) is 5.22. The molecule has 0 amide bonds. The van der Waals surface area contributed by atoms with Gasteiger partial charge in [-0.3, -0.25) is 9.79 Å². The van der Waals surface area contributed by atoms with Crippen molar-refractivity contribution in [3.63, 3.8) is 0 Å². The summed E-state index contributed by atoms with van der Waals surface area (Å²) < 4.78 is 0. The quantitative estimate of drug-likeness (QED) is 0.432. The van der Waals surface area contributed by atoms with Crippen molar-refractivity contribution in [3.05, 3.63) is 12.3 Å². The van der Waals surface area contributed by atoms with Crippen LogP contribution >= 0.6 is 0 Å². The number of rotatable bonds is 0. The molecule has 0 fully saturated rings. The summed E-state index contributed by atoms with van der Waals surface area (Å²) in [4.78, 5) is 13.9. The van der Waals surface area contributed by atoms with Gasteiger partial charge in [-0.25, -0.2) is 0 Å². The predicted octanol–water partition coefficient (Wildman–Crippen LogP) is 0.544. The number of hydrogen-bond donors (Lipinski definition) is 0. The second-order valence-electron chi connectivity index (χ2n) is 1.33. The van der Waals surface area contributed by atoms with Gasteiger partial charge in [0.05, 0.1) is 6.21 Å². The second-order valence-corrected chi connectivity index (χ2v) is 1.33. The van der Waals surface area contributed by atoms with Crippen LogP contribution in [0, 0.1) is 0 Å². The molecule has 7 heavy (non-hydrogen) atoms. The number of allylic oxidation sites excluding steroid dienone is 1. The van der Waals surface area contributed by atoms with E-state index in [0.717, 1.165) is 0 Å². The van der Waals surface area contributed by atoms with Crippen molar-refractivity contribution in [3.8, 4) is 0 Å². The van der Waals surface area contributed by atoms with Gasteiger partial charge < -0.3 is 0 Å². The van der Waals surface area contributed by atoms with Gasteiger partial charge in [-0.1, -0.05) is 6.08 Å². The molecule has 0 saturated heterocycles. The fraction of sp³-hybridized carbons (Fsp3) is 0.200. The Hall–Kier alpha value is -0.920. The van der Waals surface area contributed by atoms with E-state index < -0.39 is 0 Å². The molecular formula is C5H5NO. The molecule has 0 radical (unpaired) electrons. The van der Waals surface area contributed by atoms with E-state index in [1.165, 1.54) is 6.21 Å². The number of aliphatic imine (C=N–C) groups is 1. The Morgan fingerprint density at radius 3 is 2.86 bits per heavy atom. The lowest BCUT2D eigenvalue weighted by molar-refractivity contribution is -0.111. The van der Waals surface area contributed by atoms with E-state index in [2.05, 4.69) is 4.99 Å². The lowest BCUT2D eigenvalue weighted by Crippen LogP contribution is -1.98. The summed E-state index contributed by atoms with van der Waals surface area (Å²) in [7, 11) is 0. The van der Waals surface area contributed by atoms with Gasteiger partial charge in [-0.2, -0.15) is 0 Å². The molecule has 0 atom stereocenters. The fourth-order valence-electron chi connectivity index (χ4n) is 0.409. The van der Waals surface area contributed by atoms with Crippen molar-refractivity contribution in [1.82, 2.24) is 0 Å². The molecule has 0 aromatic carbocycles. The molecule has 1 heterocycles. The van der Waals surface area contributed by atoms with Crippen LogP contribution in [-0.2, 0) is 4.79 Å². The Balaban J connectivity index is 2.66. The van der Waals surface area contributed by atoms with Gasteiger partial charge in [0.1, 0.15) is 0 Å². The van der Waals surface area contributed by atoms with Gasteiger partial charge in [0.15, 0.2) is 5.78 Å². The fourth-order valence-corrected chi connectivity index (χ4v) is 0.409. The molecule has 0 spiro atoms. The van der Waals surface area contributed by atoms with Crippen molar-refractivity contribution < 1.29 is 4.79 Å². The Morgan fingerprint density at radius 2 is 2.57 bits per heavy atom. The largest absolute Gasteiger partial charge is 0.293 e. The van der Waals surface area contributed by atoms with Crippen LogP contribution in [0.15, 0.2) is 17.3 Å². The van der Waals surface area contributed by atoms with Gasteiger partial charge >= 0.3 is 0 Å². The zero-order valence-electron chi connectivity index (χ0n) is 3.79. The molecule has 1 aliphatic rings. The van der Waals surface area contributed by atoms with Crippen LogP contribution in [-0.4, -0.2) is 12.0 Å². The summed E-state index contributed by atoms with van der Waals surface area (Å²) in [5.74, 6) is 0.0856.